The summed E-state index contributed by atoms with van der Waals surface area (Å²) in [6, 6.07) is 0.437. The van der Waals surface area contributed by atoms with E-state index in [0.717, 1.165) is 25.7 Å². The normalized spacial score (nSPS) is 26.2. The van der Waals surface area contributed by atoms with Crippen LogP contribution in [0.3, 0.4) is 0 Å². The largest absolute Gasteiger partial charge is 0.376 e. The van der Waals surface area contributed by atoms with E-state index >= 15 is 0 Å². The van der Waals surface area contributed by atoms with Gasteiger partial charge in [0.15, 0.2) is 0 Å². The van der Waals surface area contributed by atoms with Crippen molar-refractivity contribution in [1.82, 2.24) is 5.32 Å². The topological polar surface area (TPSA) is 30.5 Å². The standard InChI is InChI=1S/C12H25NO2/c1-4-5-10(2)8-11(13-3)12-9-14-6-7-15-12/h10-13H,4-9H2,1-3H3. The molecule has 1 fully saturated rings. The number of hydrogen-bond donors (Lipinski definition) is 1. The third-order valence-corrected chi connectivity index (χ3v) is 3.10. The zero-order valence-electron chi connectivity index (χ0n) is 10.3. The molecule has 0 bridgehead atoms. The van der Waals surface area contributed by atoms with E-state index < -0.39 is 0 Å². The summed E-state index contributed by atoms with van der Waals surface area (Å²) in [5.41, 5.74) is 0. The second-order valence-corrected chi connectivity index (χ2v) is 4.51. The van der Waals surface area contributed by atoms with Crippen LogP contribution in [-0.2, 0) is 9.47 Å². The minimum Gasteiger partial charge on any atom is -0.376 e. The van der Waals surface area contributed by atoms with Crippen molar-refractivity contribution < 1.29 is 9.47 Å². The molecule has 90 valence electrons. The molecule has 1 rings (SSSR count). The van der Waals surface area contributed by atoms with Crippen molar-refractivity contribution in [2.45, 2.75) is 45.3 Å². The summed E-state index contributed by atoms with van der Waals surface area (Å²) in [5.74, 6) is 0.762. The van der Waals surface area contributed by atoms with Crippen molar-refractivity contribution in [1.29, 1.82) is 0 Å². The van der Waals surface area contributed by atoms with Gasteiger partial charge in [0, 0.05) is 6.04 Å². The van der Waals surface area contributed by atoms with Crippen LogP contribution < -0.4 is 5.32 Å². The Kier molecular flexibility index (Phi) is 6.22. The lowest BCUT2D eigenvalue weighted by atomic mass is 9.94. The smallest absolute Gasteiger partial charge is 0.0962 e. The first kappa shape index (κ1) is 12.9. The van der Waals surface area contributed by atoms with Gasteiger partial charge in [-0.2, -0.15) is 0 Å². The van der Waals surface area contributed by atoms with Gasteiger partial charge < -0.3 is 14.8 Å². The Hall–Kier alpha value is -0.120. The second kappa shape index (κ2) is 7.20. The van der Waals surface area contributed by atoms with E-state index in [1.54, 1.807) is 0 Å². The summed E-state index contributed by atoms with van der Waals surface area (Å²) in [5, 5.41) is 3.36. The Bertz CT molecular complexity index is 158. The zero-order chi connectivity index (χ0) is 11.1. The fourth-order valence-electron chi connectivity index (χ4n) is 2.24. The Morgan fingerprint density at radius 2 is 2.20 bits per heavy atom. The number of likely N-dealkylation sites (N-methyl/N-ethyl adjacent to an activating group) is 1. The van der Waals surface area contributed by atoms with Gasteiger partial charge in [0.2, 0.25) is 0 Å². The average molecular weight is 215 g/mol. The van der Waals surface area contributed by atoms with Gasteiger partial charge in [-0.15, -0.1) is 0 Å². The quantitative estimate of drug-likeness (QED) is 0.733. The first-order chi connectivity index (χ1) is 7.27. The molecule has 1 aliphatic rings. The molecule has 0 aliphatic carbocycles. The van der Waals surface area contributed by atoms with Gasteiger partial charge in [0.05, 0.1) is 25.9 Å². The predicted molar refractivity (Wildman–Crippen MR) is 62.1 cm³/mol. The van der Waals surface area contributed by atoms with E-state index in [2.05, 4.69) is 19.2 Å². The minimum atomic E-state index is 0.239. The van der Waals surface area contributed by atoms with Gasteiger partial charge in [0.25, 0.3) is 0 Å². The molecule has 0 aromatic heterocycles. The van der Waals surface area contributed by atoms with Crippen molar-refractivity contribution in [3.8, 4) is 0 Å². The van der Waals surface area contributed by atoms with Gasteiger partial charge in [-0.3, -0.25) is 0 Å². The third kappa shape index (κ3) is 4.49. The molecule has 3 atom stereocenters. The highest BCUT2D eigenvalue weighted by molar-refractivity contribution is 4.79. The molecule has 0 amide bonds. The van der Waals surface area contributed by atoms with E-state index in [9.17, 15) is 0 Å². The summed E-state index contributed by atoms with van der Waals surface area (Å²) in [7, 11) is 2.02. The average Bonchev–Trinajstić information content (AvgIpc) is 2.27. The summed E-state index contributed by atoms with van der Waals surface area (Å²) in [4.78, 5) is 0. The lowest BCUT2D eigenvalue weighted by molar-refractivity contribution is -0.103. The van der Waals surface area contributed by atoms with Crippen LogP contribution in [0.25, 0.3) is 0 Å². The van der Waals surface area contributed by atoms with Gasteiger partial charge in [-0.1, -0.05) is 26.7 Å². The molecule has 1 N–H and O–H groups in total. The maximum Gasteiger partial charge on any atom is 0.0962 e. The summed E-state index contributed by atoms with van der Waals surface area (Å²) >= 11 is 0. The Morgan fingerprint density at radius 1 is 1.40 bits per heavy atom. The Labute approximate surface area is 93.5 Å². The molecule has 0 aromatic carbocycles. The molecular weight excluding hydrogens is 190 g/mol. The van der Waals surface area contributed by atoms with Crippen LogP contribution in [0.15, 0.2) is 0 Å². The van der Waals surface area contributed by atoms with Crippen LogP contribution in [0.1, 0.15) is 33.1 Å². The molecule has 0 spiro atoms. The lowest BCUT2D eigenvalue weighted by Crippen LogP contribution is -2.46. The van der Waals surface area contributed by atoms with E-state index in [1.807, 2.05) is 7.05 Å². The Balaban J connectivity index is 2.32. The fraction of sp³-hybridized carbons (Fsp3) is 1.00. The maximum absolute atomic E-state index is 5.72. The molecule has 1 saturated heterocycles. The summed E-state index contributed by atoms with van der Waals surface area (Å²) < 4.78 is 11.2. The van der Waals surface area contributed by atoms with Crippen LogP contribution in [0.2, 0.25) is 0 Å². The van der Waals surface area contributed by atoms with Gasteiger partial charge >= 0.3 is 0 Å². The number of nitrogens with one attached hydrogen (secondary N) is 1. The highest BCUT2D eigenvalue weighted by Gasteiger charge is 2.24. The number of rotatable bonds is 6. The van der Waals surface area contributed by atoms with Gasteiger partial charge in [-0.05, 0) is 19.4 Å². The number of ether oxygens (including phenoxy) is 2. The van der Waals surface area contributed by atoms with Crippen LogP contribution in [0.5, 0.6) is 0 Å². The van der Waals surface area contributed by atoms with Crippen LogP contribution in [-0.4, -0.2) is 39.0 Å². The predicted octanol–water partition coefficient (Wildman–Crippen LogP) is 1.82. The Morgan fingerprint density at radius 3 is 2.73 bits per heavy atom. The zero-order valence-corrected chi connectivity index (χ0v) is 10.3. The van der Waals surface area contributed by atoms with E-state index in [0.29, 0.717) is 6.04 Å². The van der Waals surface area contributed by atoms with E-state index in [1.165, 1.54) is 19.3 Å². The highest BCUT2D eigenvalue weighted by Crippen LogP contribution is 2.17. The third-order valence-electron chi connectivity index (χ3n) is 3.10. The van der Waals surface area contributed by atoms with Gasteiger partial charge in [0.1, 0.15) is 0 Å². The summed E-state index contributed by atoms with van der Waals surface area (Å²) in [6.45, 7) is 6.79. The first-order valence-electron chi connectivity index (χ1n) is 6.14. The molecule has 3 unspecified atom stereocenters. The molecule has 1 heterocycles. The molecule has 3 nitrogen and oxygen atoms in total. The lowest BCUT2D eigenvalue weighted by Gasteiger charge is -2.31. The maximum atomic E-state index is 5.72. The van der Waals surface area contributed by atoms with Crippen LogP contribution >= 0.6 is 0 Å². The molecule has 15 heavy (non-hydrogen) atoms. The minimum absolute atomic E-state index is 0.239. The molecule has 0 aromatic rings. The second-order valence-electron chi connectivity index (χ2n) is 4.51. The van der Waals surface area contributed by atoms with Gasteiger partial charge in [-0.25, -0.2) is 0 Å². The first-order valence-corrected chi connectivity index (χ1v) is 6.14. The fourth-order valence-corrected chi connectivity index (χ4v) is 2.24. The summed E-state index contributed by atoms with van der Waals surface area (Å²) in [6.07, 6.45) is 3.98. The van der Waals surface area contributed by atoms with E-state index in [4.69, 9.17) is 9.47 Å². The van der Waals surface area contributed by atoms with E-state index in [-0.39, 0.29) is 6.10 Å². The monoisotopic (exact) mass is 215 g/mol. The molecule has 1 aliphatic heterocycles. The van der Waals surface area contributed by atoms with Crippen molar-refractivity contribution in [2.24, 2.45) is 5.92 Å². The molecule has 3 heteroatoms. The van der Waals surface area contributed by atoms with Crippen molar-refractivity contribution in [3.63, 3.8) is 0 Å². The van der Waals surface area contributed by atoms with Crippen molar-refractivity contribution in [2.75, 3.05) is 26.9 Å². The molecule has 0 saturated carbocycles. The van der Waals surface area contributed by atoms with Crippen molar-refractivity contribution in [3.05, 3.63) is 0 Å². The van der Waals surface area contributed by atoms with Crippen molar-refractivity contribution >= 4 is 0 Å². The highest BCUT2D eigenvalue weighted by atomic mass is 16.6. The molecular formula is C12H25NO2. The SMILES string of the molecule is CCCC(C)CC(NC)C1COCCO1. The molecule has 0 radical (unpaired) electrons. The van der Waals surface area contributed by atoms with Crippen LogP contribution in [0.4, 0.5) is 0 Å². The van der Waals surface area contributed by atoms with Crippen LogP contribution in [0, 0.1) is 5.92 Å². The number of hydrogen-bond acceptors (Lipinski definition) is 3.